The summed E-state index contributed by atoms with van der Waals surface area (Å²) in [6.45, 7) is 3.80. The van der Waals surface area contributed by atoms with Gasteiger partial charge in [-0.05, 0) is 55.1 Å². The van der Waals surface area contributed by atoms with Crippen molar-refractivity contribution in [2.75, 3.05) is 50.1 Å². The van der Waals surface area contributed by atoms with E-state index < -0.39 is 17.8 Å². The van der Waals surface area contributed by atoms with Crippen LogP contribution in [0.15, 0.2) is 60.8 Å². The molecule has 1 amide bonds. The summed E-state index contributed by atoms with van der Waals surface area (Å²) in [5.41, 5.74) is 1.56. The van der Waals surface area contributed by atoms with Gasteiger partial charge in [-0.25, -0.2) is 9.37 Å². The second-order valence-corrected chi connectivity index (χ2v) is 8.24. The molecule has 2 aliphatic heterocycles. The van der Waals surface area contributed by atoms with Crippen LogP contribution in [0, 0.1) is 5.82 Å². The molecule has 7 nitrogen and oxygen atoms in total. The summed E-state index contributed by atoms with van der Waals surface area (Å²) in [6, 6.07) is 15.6. The lowest BCUT2D eigenvalue weighted by Gasteiger charge is -2.33. The maximum Gasteiger partial charge on any atom is 0.269 e. The highest BCUT2D eigenvalue weighted by molar-refractivity contribution is 5.95. The van der Waals surface area contributed by atoms with Gasteiger partial charge in [0.25, 0.3) is 5.91 Å². The van der Waals surface area contributed by atoms with Crippen molar-refractivity contribution in [3.63, 3.8) is 0 Å². The number of nitrogens with zero attached hydrogens (tertiary/aromatic N) is 3. The number of rotatable bonds is 4. The standard InChI is InChI=1S/C25H25FN4O3/c1-29-10-12-30(13-11-29)24-14-17(8-9-27-24)19-7-6-18(15-20(19)26)28-25(31)23-16-32-21-4-2-3-5-22(21)33-23/h2-9,14-15,23H,10-13,16H2,1H3,(H,28,31)/t23-/m1/s1. The van der Waals surface area contributed by atoms with Gasteiger partial charge >= 0.3 is 0 Å². The van der Waals surface area contributed by atoms with E-state index in [2.05, 4.69) is 27.1 Å². The van der Waals surface area contributed by atoms with Gasteiger partial charge < -0.3 is 24.6 Å². The predicted octanol–water partition coefficient (Wildman–Crippen LogP) is 3.42. The van der Waals surface area contributed by atoms with E-state index in [4.69, 9.17) is 9.47 Å². The average molecular weight is 448 g/mol. The Morgan fingerprint density at radius 2 is 1.85 bits per heavy atom. The van der Waals surface area contributed by atoms with Crippen LogP contribution in [0.3, 0.4) is 0 Å². The molecule has 0 aliphatic carbocycles. The van der Waals surface area contributed by atoms with Crippen molar-refractivity contribution in [1.29, 1.82) is 0 Å². The van der Waals surface area contributed by atoms with Gasteiger partial charge in [-0.1, -0.05) is 12.1 Å². The van der Waals surface area contributed by atoms with Crippen LogP contribution in [0.4, 0.5) is 15.9 Å². The number of para-hydroxylation sites is 2. The van der Waals surface area contributed by atoms with Crippen molar-refractivity contribution >= 4 is 17.4 Å². The van der Waals surface area contributed by atoms with Crippen LogP contribution in [0.1, 0.15) is 0 Å². The molecular weight excluding hydrogens is 423 g/mol. The number of ether oxygens (including phenoxy) is 2. The zero-order chi connectivity index (χ0) is 22.8. The van der Waals surface area contributed by atoms with Gasteiger partial charge in [-0.15, -0.1) is 0 Å². The molecule has 0 radical (unpaired) electrons. The number of piperazine rings is 1. The highest BCUT2D eigenvalue weighted by Gasteiger charge is 2.27. The van der Waals surface area contributed by atoms with Gasteiger partial charge in [0.05, 0.1) is 0 Å². The fourth-order valence-corrected chi connectivity index (χ4v) is 3.99. The number of amides is 1. The highest BCUT2D eigenvalue weighted by Crippen LogP contribution is 2.32. The van der Waals surface area contributed by atoms with Crippen molar-refractivity contribution in [3.05, 3.63) is 66.6 Å². The molecule has 1 fully saturated rings. The van der Waals surface area contributed by atoms with Crippen LogP contribution in [0.25, 0.3) is 11.1 Å². The van der Waals surface area contributed by atoms with Crippen LogP contribution in [0.2, 0.25) is 0 Å². The predicted molar refractivity (Wildman–Crippen MR) is 124 cm³/mol. The van der Waals surface area contributed by atoms with Crippen LogP contribution in [-0.2, 0) is 4.79 Å². The van der Waals surface area contributed by atoms with E-state index in [9.17, 15) is 4.79 Å². The minimum Gasteiger partial charge on any atom is -0.485 e. The fraction of sp³-hybridized carbons (Fsp3) is 0.280. The smallest absolute Gasteiger partial charge is 0.269 e. The van der Waals surface area contributed by atoms with Gasteiger partial charge in [0.2, 0.25) is 6.10 Å². The van der Waals surface area contributed by atoms with E-state index in [0.29, 0.717) is 22.7 Å². The Labute approximate surface area is 191 Å². The molecule has 1 N–H and O–H groups in total. The molecule has 33 heavy (non-hydrogen) atoms. The number of nitrogens with one attached hydrogen (secondary N) is 1. The molecule has 5 rings (SSSR count). The highest BCUT2D eigenvalue weighted by atomic mass is 19.1. The molecule has 0 spiro atoms. The Bertz CT molecular complexity index is 1160. The van der Waals surface area contributed by atoms with Crippen LogP contribution in [0.5, 0.6) is 11.5 Å². The second kappa shape index (κ2) is 9.07. The van der Waals surface area contributed by atoms with Crippen LogP contribution >= 0.6 is 0 Å². The van der Waals surface area contributed by atoms with E-state index in [1.165, 1.54) is 6.07 Å². The normalized spacial score (nSPS) is 18.1. The Balaban J connectivity index is 1.28. The molecular formula is C25H25FN4O3. The number of fused-ring (bicyclic) bond motifs is 1. The average Bonchev–Trinajstić information content (AvgIpc) is 2.84. The molecule has 2 aromatic carbocycles. The van der Waals surface area contributed by atoms with Crippen molar-refractivity contribution < 1.29 is 18.7 Å². The van der Waals surface area contributed by atoms with E-state index in [1.54, 1.807) is 36.5 Å². The quantitative estimate of drug-likeness (QED) is 0.660. The van der Waals surface area contributed by atoms with E-state index >= 15 is 4.39 Å². The number of anilines is 2. The number of carbonyl (C=O) groups excluding carboxylic acids is 1. The van der Waals surface area contributed by atoms with Gasteiger partial charge in [-0.2, -0.15) is 0 Å². The Morgan fingerprint density at radius 1 is 1.06 bits per heavy atom. The number of likely N-dealkylation sites (N-methyl/N-ethyl adjacent to an activating group) is 1. The summed E-state index contributed by atoms with van der Waals surface area (Å²) in [5.74, 6) is 1.14. The summed E-state index contributed by atoms with van der Waals surface area (Å²) in [5, 5.41) is 2.72. The minimum atomic E-state index is -0.811. The molecule has 2 aliphatic rings. The van der Waals surface area contributed by atoms with Crippen molar-refractivity contribution in [1.82, 2.24) is 9.88 Å². The van der Waals surface area contributed by atoms with E-state index in [1.807, 2.05) is 18.2 Å². The molecule has 3 aromatic rings. The lowest BCUT2D eigenvalue weighted by molar-refractivity contribution is -0.125. The summed E-state index contributed by atoms with van der Waals surface area (Å²) < 4.78 is 26.3. The first-order chi connectivity index (χ1) is 16.1. The van der Waals surface area contributed by atoms with Gasteiger partial charge in [0, 0.05) is 43.6 Å². The zero-order valence-electron chi connectivity index (χ0n) is 18.3. The number of halogens is 1. The fourth-order valence-electron chi connectivity index (χ4n) is 3.99. The first-order valence-corrected chi connectivity index (χ1v) is 11.0. The van der Waals surface area contributed by atoms with Crippen molar-refractivity contribution in [3.8, 4) is 22.6 Å². The molecule has 3 heterocycles. The Hall–Kier alpha value is -3.65. The second-order valence-electron chi connectivity index (χ2n) is 8.24. The SMILES string of the molecule is CN1CCN(c2cc(-c3ccc(NC(=O)[C@H]4COc5ccccc5O4)cc3F)ccn2)CC1. The molecule has 1 saturated heterocycles. The van der Waals surface area contributed by atoms with Gasteiger partial charge in [0.15, 0.2) is 11.5 Å². The maximum atomic E-state index is 15.0. The molecule has 1 aromatic heterocycles. The number of aromatic nitrogens is 1. The first-order valence-electron chi connectivity index (χ1n) is 11.0. The summed E-state index contributed by atoms with van der Waals surface area (Å²) in [7, 11) is 2.10. The zero-order valence-corrected chi connectivity index (χ0v) is 18.3. The largest absolute Gasteiger partial charge is 0.485 e. The monoisotopic (exact) mass is 448 g/mol. The minimum absolute atomic E-state index is 0.0928. The third-order valence-corrected chi connectivity index (χ3v) is 5.92. The summed E-state index contributed by atoms with van der Waals surface area (Å²) >= 11 is 0. The number of hydrogen-bond acceptors (Lipinski definition) is 6. The van der Waals surface area contributed by atoms with E-state index in [0.717, 1.165) is 37.6 Å². The number of carbonyl (C=O) groups is 1. The maximum absolute atomic E-state index is 15.0. The summed E-state index contributed by atoms with van der Waals surface area (Å²) in [6.07, 6.45) is 0.894. The van der Waals surface area contributed by atoms with Gasteiger partial charge in [-0.3, -0.25) is 4.79 Å². The third-order valence-electron chi connectivity index (χ3n) is 5.92. The Morgan fingerprint density at radius 3 is 2.64 bits per heavy atom. The topological polar surface area (TPSA) is 66.9 Å². The molecule has 170 valence electrons. The molecule has 0 unspecified atom stereocenters. The molecule has 0 saturated carbocycles. The first kappa shape index (κ1) is 21.2. The Kier molecular flexibility index (Phi) is 5.83. The van der Waals surface area contributed by atoms with Crippen LogP contribution in [-0.4, -0.2) is 61.7 Å². The van der Waals surface area contributed by atoms with E-state index in [-0.39, 0.29) is 6.61 Å². The van der Waals surface area contributed by atoms with Crippen LogP contribution < -0.4 is 19.7 Å². The molecule has 1 atom stereocenters. The third kappa shape index (κ3) is 4.61. The van der Waals surface area contributed by atoms with Gasteiger partial charge in [0.1, 0.15) is 18.2 Å². The number of pyridine rings is 1. The summed E-state index contributed by atoms with van der Waals surface area (Å²) in [4.78, 5) is 21.6. The number of benzene rings is 2. The lowest BCUT2D eigenvalue weighted by atomic mass is 10.1. The number of hydrogen-bond donors (Lipinski definition) is 1. The molecule has 8 heteroatoms. The lowest BCUT2D eigenvalue weighted by Crippen LogP contribution is -2.44. The molecule has 0 bridgehead atoms. The van der Waals surface area contributed by atoms with Crippen molar-refractivity contribution in [2.45, 2.75) is 6.10 Å². The van der Waals surface area contributed by atoms with Crippen molar-refractivity contribution in [2.24, 2.45) is 0 Å².